The first-order valence-electron chi connectivity index (χ1n) is 7.28. The Kier molecular flexibility index (Phi) is 1.88. The maximum absolute atomic E-state index is 2.30. The van der Waals surface area contributed by atoms with Crippen molar-refractivity contribution >= 4 is 16.8 Å². The fourth-order valence-electron chi connectivity index (χ4n) is 3.83. The molecule has 0 amide bonds. The highest BCUT2D eigenvalue weighted by Gasteiger charge is 2.24. The normalized spacial score (nSPS) is 14.4. The molecule has 0 aromatic heterocycles. The zero-order valence-corrected chi connectivity index (χ0v) is 11.2. The molecule has 0 bridgehead atoms. The van der Waals surface area contributed by atoms with Crippen LogP contribution in [0, 0.1) is 0 Å². The standard InChI is InChI=1S/C20H14/c1-2-8-15-13(5-1)11-12-17-16-9-3-6-14-7-4-10-18(19(14)16)20(15)17/h1,3-7,9-12H,2,8H2. The van der Waals surface area contributed by atoms with Gasteiger partial charge in [0.25, 0.3) is 0 Å². The lowest BCUT2D eigenvalue weighted by Crippen LogP contribution is -1.97. The van der Waals surface area contributed by atoms with Crippen molar-refractivity contribution < 1.29 is 0 Å². The van der Waals surface area contributed by atoms with Crippen molar-refractivity contribution in [2.24, 2.45) is 0 Å². The average molecular weight is 254 g/mol. The molecule has 2 aliphatic rings. The third-order valence-corrected chi connectivity index (χ3v) is 4.67. The number of hydrogen-bond donors (Lipinski definition) is 0. The van der Waals surface area contributed by atoms with Gasteiger partial charge in [-0.2, -0.15) is 0 Å². The summed E-state index contributed by atoms with van der Waals surface area (Å²) in [6, 6.07) is 18.0. The molecule has 0 heteroatoms. The molecule has 0 radical (unpaired) electrons. The second kappa shape index (κ2) is 3.61. The second-order valence-electron chi connectivity index (χ2n) is 5.71. The third kappa shape index (κ3) is 1.17. The van der Waals surface area contributed by atoms with E-state index < -0.39 is 0 Å². The van der Waals surface area contributed by atoms with E-state index in [-0.39, 0.29) is 0 Å². The predicted molar refractivity (Wildman–Crippen MR) is 85.7 cm³/mol. The first-order valence-corrected chi connectivity index (χ1v) is 7.28. The van der Waals surface area contributed by atoms with E-state index in [1.165, 1.54) is 50.6 Å². The molecule has 0 saturated carbocycles. The number of rotatable bonds is 0. The van der Waals surface area contributed by atoms with Crippen molar-refractivity contribution in [2.45, 2.75) is 12.8 Å². The minimum absolute atomic E-state index is 1.16. The van der Waals surface area contributed by atoms with Gasteiger partial charge in [0, 0.05) is 0 Å². The summed E-state index contributed by atoms with van der Waals surface area (Å²) < 4.78 is 0. The highest BCUT2D eigenvalue weighted by molar-refractivity contribution is 6.16. The van der Waals surface area contributed by atoms with Crippen molar-refractivity contribution in [2.75, 3.05) is 0 Å². The van der Waals surface area contributed by atoms with Crippen LogP contribution in [0.4, 0.5) is 0 Å². The summed E-state index contributed by atoms with van der Waals surface area (Å²) in [5.41, 5.74) is 8.68. The predicted octanol–water partition coefficient (Wildman–Crippen LogP) is 5.45. The van der Waals surface area contributed by atoms with Crippen LogP contribution in [-0.4, -0.2) is 0 Å². The minimum Gasteiger partial charge on any atom is -0.0836 e. The van der Waals surface area contributed by atoms with Crippen molar-refractivity contribution in [3.8, 4) is 22.3 Å². The van der Waals surface area contributed by atoms with E-state index in [0.717, 1.165) is 6.42 Å². The Morgan fingerprint density at radius 2 is 1.60 bits per heavy atom. The largest absolute Gasteiger partial charge is 0.0836 e. The average Bonchev–Trinajstić information content (AvgIpc) is 2.85. The van der Waals surface area contributed by atoms with Crippen LogP contribution in [0.15, 0.2) is 54.6 Å². The first-order chi connectivity index (χ1) is 9.93. The second-order valence-corrected chi connectivity index (χ2v) is 5.71. The van der Waals surface area contributed by atoms with Crippen LogP contribution >= 0.6 is 0 Å². The molecule has 0 spiro atoms. The molecule has 0 atom stereocenters. The zero-order valence-electron chi connectivity index (χ0n) is 11.2. The van der Waals surface area contributed by atoms with Gasteiger partial charge in [0.05, 0.1) is 0 Å². The van der Waals surface area contributed by atoms with Crippen LogP contribution < -0.4 is 0 Å². The highest BCUT2D eigenvalue weighted by atomic mass is 14.3. The van der Waals surface area contributed by atoms with Gasteiger partial charge >= 0.3 is 0 Å². The number of hydrogen-bond acceptors (Lipinski definition) is 0. The van der Waals surface area contributed by atoms with E-state index >= 15 is 0 Å². The molecule has 3 aromatic carbocycles. The Balaban J connectivity index is 1.99. The van der Waals surface area contributed by atoms with Crippen LogP contribution in [0.3, 0.4) is 0 Å². The molecule has 5 rings (SSSR count). The quantitative estimate of drug-likeness (QED) is 0.391. The Bertz CT molecular complexity index is 892. The minimum atomic E-state index is 1.16. The molecule has 2 aliphatic carbocycles. The Labute approximate surface area is 118 Å². The van der Waals surface area contributed by atoms with Crippen LogP contribution in [0.5, 0.6) is 0 Å². The maximum Gasteiger partial charge on any atom is -0.00263 e. The van der Waals surface area contributed by atoms with Crippen LogP contribution in [0.2, 0.25) is 0 Å². The molecule has 3 aromatic rings. The van der Waals surface area contributed by atoms with Gasteiger partial charge in [-0.15, -0.1) is 0 Å². The molecule has 0 aliphatic heterocycles. The summed E-state index contributed by atoms with van der Waals surface area (Å²) in [5, 5.41) is 2.80. The van der Waals surface area contributed by atoms with Gasteiger partial charge in [-0.05, 0) is 57.0 Å². The third-order valence-electron chi connectivity index (χ3n) is 4.67. The molecule has 0 heterocycles. The van der Waals surface area contributed by atoms with Gasteiger partial charge in [-0.3, -0.25) is 0 Å². The Hall–Kier alpha value is -2.34. The fourth-order valence-corrected chi connectivity index (χ4v) is 3.83. The highest BCUT2D eigenvalue weighted by Crippen LogP contribution is 2.49. The molecular formula is C20H14. The number of benzene rings is 3. The van der Waals surface area contributed by atoms with Gasteiger partial charge in [0.1, 0.15) is 0 Å². The molecular weight excluding hydrogens is 240 g/mol. The summed E-state index contributed by atoms with van der Waals surface area (Å²) in [7, 11) is 0. The molecule has 0 saturated heterocycles. The van der Waals surface area contributed by atoms with Crippen molar-refractivity contribution in [3.05, 3.63) is 65.7 Å². The van der Waals surface area contributed by atoms with Crippen molar-refractivity contribution in [1.29, 1.82) is 0 Å². The van der Waals surface area contributed by atoms with Gasteiger partial charge in [0.15, 0.2) is 0 Å². The van der Waals surface area contributed by atoms with Gasteiger partial charge in [-0.25, -0.2) is 0 Å². The van der Waals surface area contributed by atoms with Crippen LogP contribution in [-0.2, 0) is 6.42 Å². The summed E-state index contributed by atoms with van der Waals surface area (Å²) in [6.45, 7) is 0. The zero-order chi connectivity index (χ0) is 13.1. The van der Waals surface area contributed by atoms with Crippen molar-refractivity contribution in [1.82, 2.24) is 0 Å². The lowest BCUT2D eigenvalue weighted by Gasteiger charge is -2.16. The van der Waals surface area contributed by atoms with Crippen molar-refractivity contribution in [3.63, 3.8) is 0 Å². The summed E-state index contributed by atoms with van der Waals surface area (Å²) in [4.78, 5) is 0. The summed E-state index contributed by atoms with van der Waals surface area (Å²) in [6.07, 6.45) is 6.90. The number of allylic oxidation sites excluding steroid dienone is 1. The molecule has 0 nitrogen and oxygen atoms in total. The summed E-state index contributed by atoms with van der Waals surface area (Å²) in [5.74, 6) is 0. The van der Waals surface area contributed by atoms with E-state index in [4.69, 9.17) is 0 Å². The lowest BCUT2D eigenvalue weighted by atomic mass is 9.88. The smallest absolute Gasteiger partial charge is 0.00263 e. The van der Waals surface area contributed by atoms with Gasteiger partial charge in [0.2, 0.25) is 0 Å². The topological polar surface area (TPSA) is 0 Å². The fraction of sp³-hybridized carbons (Fsp3) is 0.100. The van der Waals surface area contributed by atoms with E-state index in [0.29, 0.717) is 0 Å². The van der Waals surface area contributed by atoms with E-state index in [1.807, 2.05) is 0 Å². The van der Waals surface area contributed by atoms with Crippen LogP contribution in [0.25, 0.3) is 39.1 Å². The SMILES string of the molecule is C1=Cc2ccc3c(c2CC1)-c1cccc2cccc-3c12. The van der Waals surface area contributed by atoms with Crippen LogP contribution in [0.1, 0.15) is 17.5 Å². The number of fused-ring (bicyclic) bond motifs is 5. The van der Waals surface area contributed by atoms with E-state index in [9.17, 15) is 0 Å². The molecule has 0 fully saturated rings. The summed E-state index contributed by atoms with van der Waals surface area (Å²) >= 11 is 0. The van der Waals surface area contributed by atoms with Gasteiger partial charge in [-0.1, -0.05) is 60.7 Å². The maximum atomic E-state index is 2.30. The monoisotopic (exact) mass is 254 g/mol. The van der Waals surface area contributed by atoms with Gasteiger partial charge < -0.3 is 0 Å². The lowest BCUT2D eigenvalue weighted by molar-refractivity contribution is 0.989. The molecule has 0 N–H and O–H groups in total. The van der Waals surface area contributed by atoms with E-state index in [2.05, 4.69) is 60.7 Å². The Morgan fingerprint density at radius 1 is 0.750 bits per heavy atom. The van der Waals surface area contributed by atoms with E-state index in [1.54, 1.807) is 0 Å². The molecule has 20 heavy (non-hydrogen) atoms. The molecule has 94 valence electrons. The Morgan fingerprint density at radius 3 is 2.50 bits per heavy atom. The molecule has 0 unspecified atom stereocenters. The first kappa shape index (κ1) is 10.4.